The van der Waals surface area contributed by atoms with Crippen LogP contribution in [0.15, 0.2) is 35.0 Å². The topological polar surface area (TPSA) is 65.7 Å². The molecule has 1 heterocycles. The van der Waals surface area contributed by atoms with Crippen molar-refractivity contribution in [3.63, 3.8) is 0 Å². The van der Waals surface area contributed by atoms with Gasteiger partial charge in [0.05, 0.1) is 0 Å². The largest absolute Gasteiger partial charge is 0.325 e. The minimum Gasteiger partial charge on any atom is -0.314 e. The molecule has 4 nitrogen and oxygen atoms in total. The van der Waals surface area contributed by atoms with Gasteiger partial charge in [0.1, 0.15) is 0 Å². The third kappa shape index (κ3) is 2.66. The van der Waals surface area contributed by atoms with Gasteiger partial charge in [-0.05, 0) is 0 Å². The maximum atomic E-state index is 10.2. The Kier molecular flexibility index (Phi) is 3.63. The third-order valence-corrected chi connectivity index (χ3v) is 0.686. The second-order valence-corrected chi connectivity index (χ2v) is 1.30. The van der Waals surface area contributed by atoms with Gasteiger partial charge in [-0.1, -0.05) is 0 Å². The zero-order chi connectivity index (χ0) is 7.98. The van der Waals surface area contributed by atoms with Gasteiger partial charge < -0.3 is 4.98 Å². The van der Waals surface area contributed by atoms with Crippen LogP contribution in [0, 0.1) is 0 Å². The van der Waals surface area contributed by atoms with Crippen LogP contribution in [0.2, 0.25) is 0 Å². The zero-order valence-electron chi connectivity index (χ0n) is 5.39. The highest BCUT2D eigenvalue weighted by atomic mass is 16.2. The van der Waals surface area contributed by atoms with Gasteiger partial charge in [0.15, 0.2) is 0 Å². The first-order valence-corrected chi connectivity index (χ1v) is 2.57. The fraction of sp³-hybridized carbons (Fsp3) is 0. The summed E-state index contributed by atoms with van der Waals surface area (Å²) < 4.78 is 0. The second kappa shape index (κ2) is 4.31. The Labute approximate surface area is 57.2 Å². The molecule has 0 unspecified atom stereocenters. The average Bonchev–Trinajstić information content (AvgIpc) is 1.91. The fourth-order valence-corrected chi connectivity index (χ4v) is 0.383. The Balaban J connectivity index is 0.000000371. The van der Waals surface area contributed by atoms with Crippen molar-refractivity contribution >= 4 is 0 Å². The fourth-order valence-electron chi connectivity index (χ4n) is 0.383. The standard InChI is InChI=1S/C4H4N2O2.C2H4/c7-3-1-2-5-4(8)6-3;1-2/h1-2H,(H2,5,6,7,8);1-2H2. The molecule has 1 aromatic heterocycles. The molecule has 0 bridgehead atoms. The Morgan fingerprint density at radius 2 is 1.90 bits per heavy atom. The molecule has 54 valence electrons. The summed E-state index contributed by atoms with van der Waals surface area (Å²) in [6.45, 7) is 6.00. The minimum atomic E-state index is -0.475. The molecule has 0 aromatic carbocycles. The monoisotopic (exact) mass is 140 g/mol. The van der Waals surface area contributed by atoms with E-state index in [1.807, 2.05) is 4.98 Å². The molecule has 0 atom stereocenters. The van der Waals surface area contributed by atoms with Crippen LogP contribution in [-0.4, -0.2) is 9.97 Å². The van der Waals surface area contributed by atoms with Crippen molar-refractivity contribution in [2.45, 2.75) is 0 Å². The second-order valence-electron chi connectivity index (χ2n) is 1.30. The molecule has 0 fully saturated rings. The number of aromatic amines is 2. The molecule has 4 heteroatoms. The van der Waals surface area contributed by atoms with Crippen LogP contribution in [0.25, 0.3) is 0 Å². The predicted molar refractivity (Wildman–Crippen MR) is 38.9 cm³/mol. The van der Waals surface area contributed by atoms with Crippen LogP contribution < -0.4 is 11.2 Å². The Hall–Kier alpha value is -1.58. The number of hydrogen-bond acceptors (Lipinski definition) is 2. The van der Waals surface area contributed by atoms with Crippen molar-refractivity contribution in [2.75, 3.05) is 0 Å². The smallest absolute Gasteiger partial charge is 0.314 e. The maximum Gasteiger partial charge on any atom is 0.325 e. The van der Waals surface area contributed by atoms with E-state index in [4.69, 9.17) is 0 Å². The zero-order valence-corrected chi connectivity index (χ0v) is 5.39. The number of rotatable bonds is 0. The highest BCUT2D eigenvalue weighted by Gasteiger charge is 1.77. The molecule has 0 radical (unpaired) electrons. The highest BCUT2D eigenvalue weighted by molar-refractivity contribution is 4.77. The minimum absolute atomic E-state index is 0.381. The van der Waals surface area contributed by atoms with Crippen LogP contribution in [0.1, 0.15) is 0 Å². The molecule has 0 aliphatic carbocycles. The summed E-state index contributed by atoms with van der Waals surface area (Å²) in [5.74, 6) is 0. The number of nitrogens with one attached hydrogen (secondary N) is 2. The molecule has 0 aliphatic heterocycles. The molecular formula is C6H8N2O2. The lowest BCUT2D eigenvalue weighted by Gasteiger charge is -1.75. The van der Waals surface area contributed by atoms with E-state index in [1.165, 1.54) is 12.3 Å². The molecule has 0 spiro atoms. The van der Waals surface area contributed by atoms with Gasteiger partial charge in [0.2, 0.25) is 0 Å². The van der Waals surface area contributed by atoms with Gasteiger partial charge >= 0.3 is 5.69 Å². The van der Waals surface area contributed by atoms with Crippen LogP contribution in [-0.2, 0) is 0 Å². The van der Waals surface area contributed by atoms with Gasteiger partial charge in [-0.2, -0.15) is 0 Å². The van der Waals surface area contributed by atoms with Crippen molar-refractivity contribution in [1.29, 1.82) is 0 Å². The summed E-state index contributed by atoms with van der Waals surface area (Å²) in [5.41, 5.74) is -0.855. The summed E-state index contributed by atoms with van der Waals surface area (Å²) in [6, 6.07) is 1.24. The van der Waals surface area contributed by atoms with Crippen LogP contribution in [0.3, 0.4) is 0 Å². The average molecular weight is 140 g/mol. The van der Waals surface area contributed by atoms with Gasteiger partial charge in [-0.15, -0.1) is 13.2 Å². The lowest BCUT2D eigenvalue weighted by molar-refractivity contribution is 1.04. The SMILES string of the molecule is C=C.O=c1cc[nH]c(=O)[nH]1. The van der Waals surface area contributed by atoms with E-state index in [0.29, 0.717) is 0 Å². The Morgan fingerprint density at radius 3 is 2.20 bits per heavy atom. The van der Waals surface area contributed by atoms with E-state index in [-0.39, 0.29) is 5.56 Å². The van der Waals surface area contributed by atoms with E-state index in [9.17, 15) is 9.59 Å². The molecule has 10 heavy (non-hydrogen) atoms. The maximum absolute atomic E-state index is 10.2. The van der Waals surface area contributed by atoms with E-state index in [0.717, 1.165) is 0 Å². The highest BCUT2D eigenvalue weighted by Crippen LogP contribution is 1.51. The summed E-state index contributed by atoms with van der Waals surface area (Å²) in [4.78, 5) is 24.7. The van der Waals surface area contributed by atoms with E-state index >= 15 is 0 Å². The van der Waals surface area contributed by atoms with E-state index < -0.39 is 5.69 Å². The van der Waals surface area contributed by atoms with Crippen LogP contribution >= 0.6 is 0 Å². The van der Waals surface area contributed by atoms with Crippen molar-refractivity contribution < 1.29 is 0 Å². The van der Waals surface area contributed by atoms with E-state index in [1.54, 1.807) is 0 Å². The van der Waals surface area contributed by atoms with Gasteiger partial charge in [0, 0.05) is 12.3 Å². The van der Waals surface area contributed by atoms with E-state index in [2.05, 4.69) is 18.1 Å². The molecule has 0 saturated carbocycles. The summed E-state index contributed by atoms with van der Waals surface area (Å²) in [5, 5.41) is 0. The van der Waals surface area contributed by atoms with Crippen molar-refractivity contribution in [2.24, 2.45) is 0 Å². The van der Waals surface area contributed by atoms with Crippen molar-refractivity contribution in [3.05, 3.63) is 46.3 Å². The quantitative estimate of drug-likeness (QED) is 0.493. The Morgan fingerprint density at radius 1 is 1.30 bits per heavy atom. The van der Waals surface area contributed by atoms with Crippen molar-refractivity contribution in [3.8, 4) is 0 Å². The first-order valence-electron chi connectivity index (χ1n) is 2.57. The number of aromatic nitrogens is 2. The molecule has 1 aromatic rings. The van der Waals surface area contributed by atoms with Crippen LogP contribution in [0.5, 0.6) is 0 Å². The van der Waals surface area contributed by atoms with Crippen LogP contribution in [0.4, 0.5) is 0 Å². The molecule has 0 aliphatic rings. The first-order chi connectivity index (χ1) is 4.79. The lowest BCUT2D eigenvalue weighted by atomic mass is 10.7. The predicted octanol–water partition coefficient (Wildman–Crippen LogP) is -0.135. The van der Waals surface area contributed by atoms with Gasteiger partial charge in [0.25, 0.3) is 5.56 Å². The Bertz CT molecular complexity index is 261. The summed E-state index contributed by atoms with van der Waals surface area (Å²) >= 11 is 0. The van der Waals surface area contributed by atoms with Crippen molar-refractivity contribution in [1.82, 2.24) is 9.97 Å². The summed E-state index contributed by atoms with van der Waals surface area (Å²) in [6.07, 6.45) is 1.29. The molecular weight excluding hydrogens is 132 g/mol. The third-order valence-electron chi connectivity index (χ3n) is 0.686. The van der Waals surface area contributed by atoms with Gasteiger partial charge in [-0.3, -0.25) is 9.78 Å². The number of H-pyrrole nitrogens is 2. The molecule has 2 N–H and O–H groups in total. The molecule has 0 amide bonds. The summed E-state index contributed by atoms with van der Waals surface area (Å²) in [7, 11) is 0. The first kappa shape index (κ1) is 8.42. The molecule has 1 rings (SSSR count). The molecule has 0 saturated heterocycles. The normalized spacial score (nSPS) is 7.60. The number of hydrogen-bond donors (Lipinski definition) is 2. The lowest BCUT2D eigenvalue weighted by Crippen LogP contribution is -2.19. The van der Waals surface area contributed by atoms with Gasteiger partial charge in [-0.25, -0.2) is 4.79 Å².